The van der Waals surface area contributed by atoms with E-state index in [9.17, 15) is 0 Å². The largest absolute Gasteiger partial charge is 0.497 e. The maximum atomic E-state index is 8.93. The van der Waals surface area contributed by atoms with E-state index < -0.39 is 0 Å². The van der Waals surface area contributed by atoms with Crippen molar-refractivity contribution in [2.75, 3.05) is 25.1 Å². The van der Waals surface area contributed by atoms with Gasteiger partial charge in [-0.25, -0.2) is 0 Å². The molecule has 0 N–H and O–H groups in total. The van der Waals surface area contributed by atoms with Crippen molar-refractivity contribution in [3.63, 3.8) is 0 Å². The van der Waals surface area contributed by atoms with Crippen LogP contribution in [0, 0.1) is 11.3 Å². The van der Waals surface area contributed by atoms with Crippen LogP contribution in [0.25, 0.3) is 0 Å². The maximum Gasteiger partial charge on any atom is 0.121 e. The fourth-order valence-corrected chi connectivity index (χ4v) is 1.55. The van der Waals surface area contributed by atoms with Crippen molar-refractivity contribution in [2.45, 2.75) is 6.42 Å². The minimum Gasteiger partial charge on any atom is -0.497 e. The number of hydrogen-bond acceptors (Lipinski definition) is 3. The van der Waals surface area contributed by atoms with E-state index in [0.29, 0.717) is 0 Å². The van der Waals surface area contributed by atoms with Crippen LogP contribution in [0.5, 0.6) is 5.75 Å². The Kier molecular flexibility index (Phi) is 2.28. The predicted molar refractivity (Wildman–Crippen MR) is 54.5 cm³/mol. The Balaban J connectivity index is 2.38. The highest BCUT2D eigenvalue weighted by atomic mass is 16.5. The van der Waals surface area contributed by atoms with Gasteiger partial charge >= 0.3 is 0 Å². The minimum absolute atomic E-state index is 0.727. The molecule has 72 valence electrons. The Bertz CT molecular complexity index is 377. The number of rotatable bonds is 2. The van der Waals surface area contributed by atoms with Crippen LogP contribution >= 0.6 is 0 Å². The standard InChI is InChI=1S/C11H12N2O/c1-14-10-4-3-9(8-12)11(7-10)13-5-2-6-13/h3-4,7H,2,5-6H2,1H3. The van der Waals surface area contributed by atoms with Crippen LogP contribution in [0.4, 0.5) is 5.69 Å². The average molecular weight is 188 g/mol. The number of anilines is 1. The molecule has 0 amide bonds. The Morgan fingerprint density at radius 1 is 1.43 bits per heavy atom. The predicted octanol–water partition coefficient (Wildman–Crippen LogP) is 1.78. The molecule has 0 atom stereocenters. The van der Waals surface area contributed by atoms with Gasteiger partial charge in [-0.2, -0.15) is 5.26 Å². The van der Waals surface area contributed by atoms with Crippen LogP contribution in [0.2, 0.25) is 0 Å². The number of benzene rings is 1. The number of hydrogen-bond donors (Lipinski definition) is 0. The fourth-order valence-electron chi connectivity index (χ4n) is 1.55. The van der Waals surface area contributed by atoms with E-state index in [-0.39, 0.29) is 0 Å². The summed E-state index contributed by atoms with van der Waals surface area (Å²) in [5.41, 5.74) is 1.73. The molecule has 0 saturated carbocycles. The van der Waals surface area contributed by atoms with Crippen LogP contribution in [0.1, 0.15) is 12.0 Å². The van der Waals surface area contributed by atoms with Gasteiger partial charge in [-0.05, 0) is 18.6 Å². The van der Waals surface area contributed by atoms with Gasteiger partial charge in [-0.1, -0.05) is 0 Å². The number of nitriles is 1. The van der Waals surface area contributed by atoms with E-state index in [1.807, 2.05) is 18.2 Å². The molecular formula is C11H12N2O. The second-order valence-corrected chi connectivity index (χ2v) is 3.34. The monoisotopic (exact) mass is 188 g/mol. The van der Waals surface area contributed by atoms with E-state index in [4.69, 9.17) is 10.00 Å². The van der Waals surface area contributed by atoms with Crippen molar-refractivity contribution in [1.82, 2.24) is 0 Å². The van der Waals surface area contributed by atoms with Crippen molar-refractivity contribution in [1.29, 1.82) is 5.26 Å². The molecular weight excluding hydrogens is 176 g/mol. The lowest BCUT2D eigenvalue weighted by Gasteiger charge is -2.33. The zero-order valence-electron chi connectivity index (χ0n) is 8.16. The van der Waals surface area contributed by atoms with Crippen molar-refractivity contribution in [2.24, 2.45) is 0 Å². The van der Waals surface area contributed by atoms with Gasteiger partial charge in [0, 0.05) is 19.2 Å². The Morgan fingerprint density at radius 3 is 2.71 bits per heavy atom. The zero-order valence-corrected chi connectivity index (χ0v) is 8.16. The molecule has 0 unspecified atom stereocenters. The molecule has 2 rings (SSSR count). The Morgan fingerprint density at radius 2 is 2.21 bits per heavy atom. The smallest absolute Gasteiger partial charge is 0.121 e. The molecule has 1 aromatic rings. The quantitative estimate of drug-likeness (QED) is 0.709. The lowest BCUT2D eigenvalue weighted by molar-refractivity contribution is 0.414. The molecule has 1 aliphatic rings. The van der Waals surface area contributed by atoms with Crippen molar-refractivity contribution >= 4 is 5.69 Å². The van der Waals surface area contributed by atoms with Crippen molar-refractivity contribution < 1.29 is 4.74 Å². The van der Waals surface area contributed by atoms with E-state index in [2.05, 4.69) is 11.0 Å². The summed E-state index contributed by atoms with van der Waals surface area (Å²) in [7, 11) is 1.64. The fraction of sp³-hybridized carbons (Fsp3) is 0.364. The second kappa shape index (κ2) is 3.59. The topological polar surface area (TPSA) is 36.3 Å². The SMILES string of the molecule is COc1ccc(C#N)c(N2CCC2)c1. The third-order valence-corrected chi connectivity index (χ3v) is 2.52. The summed E-state index contributed by atoms with van der Waals surface area (Å²) in [6.07, 6.45) is 1.21. The Labute approximate surface area is 83.5 Å². The summed E-state index contributed by atoms with van der Waals surface area (Å²) in [6, 6.07) is 7.76. The second-order valence-electron chi connectivity index (χ2n) is 3.34. The highest BCUT2D eigenvalue weighted by Crippen LogP contribution is 2.28. The summed E-state index contributed by atoms with van der Waals surface area (Å²) < 4.78 is 5.14. The lowest BCUT2D eigenvalue weighted by Crippen LogP contribution is -2.37. The van der Waals surface area contributed by atoms with Crippen LogP contribution in [-0.4, -0.2) is 20.2 Å². The van der Waals surface area contributed by atoms with Gasteiger partial charge in [0.25, 0.3) is 0 Å². The third kappa shape index (κ3) is 1.39. The molecule has 0 bridgehead atoms. The molecule has 3 nitrogen and oxygen atoms in total. The number of methoxy groups -OCH3 is 1. The van der Waals surface area contributed by atoms with E-state index in [1.54, 1.807) is 7.11 Å². The molecule has 0 spiro atoms. The average Bonchev–Trinajstić information content (AvgIpc) is 2.15. The van der Waals surface area contributed by atoms with Crippen molar-refractivity contribution in [3.05, 3.63) is 23.8 Å². The highest BCUT2D eigenvalue weighted by molar-refractivity contribution is 5.63. The summed E-state index contributed by atoms with van der Waals surface area (Å²) in [4.78, 5) is 2.20. The lowest BCUT2D eigenvalue weighted by atomic mass is 10.1. The molecule has 0 aromatic heterocycles. The molecule has 1 saturated heterocycles. The van der Waals surface area contributed by atoms with Crippen LogP contribution in [0.3, 0.4) is 0 Å². The summed E-state index contributed by atoms with van der Waals surface area (Å²) in [5.74, 6) is 0.811. The number of ether oxygens (including phenoxy) is 1. The first-order chi connectivity index (χ1) is 6.85. The normalized spacial score (nSPS) is 14.4. The molecule has 1 aromatic carbocycles. The molecule has 1 fully saturated rings. The Hall–Kier alpha value is -1.69. The maximum absolute atomic E-state index is 8.93. The van der Waals surface area contributed by atoms with Gasteiger partial charge in [0.2, 0.25) is 0 Å². The highest BCUT2D eigenvalue weighted by Gasteiger charge is 2.18. The number of nitrogens with zero attached hydrogens (tertiary/aromatic N) is 2. The van der Waals surface area contributed by atoms with Gasteiger partial charge < -0.3 is 9.64 Å². The van der Waals surface area contributed by atoms with Crippen molar-refractivity contribution in [3.8, 4) is 11.8 Å². The van der Waals surface area contributed by atoms with Crippen LogP contribution in [0.15, 0.2) is 18.2 Å². The molecule has 3 heteroatoms. The van der Waals surface area contributed by atoms with E-state index in [0.717, 1.165) is 30.1 Å². The summed E-state index contributed by atoms with van der Waals surface area (Å²) >= 11 is 0. The van der Waals surface area contributed by atoms with Gasteiger partial charge in [0.15, 0.2) is 0 Å². The van der Waals surface area contributed by atoms with Gasteiger partial charge in [-0.3, -0.25) is 0 Å². The molecule has 1 aliphatic heterocycles. The first-order valence-electron chi connectivity index (χ1n) is 4.68. The van der Waals surface area contributed by atoms with E-state index >= 15 is 0 Å². The van der Waals surface area contributed by atoms with Gasteiger partial charge in [-0.15, -0.1) is 0 Å². The first kappa shape index (κ1) is 8.89. The van der Waals surface area contributed by atoms with Gasteiger partial charge in [0.05, 0.1) is 18.4 Å². The molecule has 0 aliphatic carbocycles. The summed E-state index contributed by atoms with van der Waals surface area (Å²) in [5, 5.41) is 8.93. The third-order valence-electron chi connectivity index (χ3n) is 2.52. The summed E-state index contributed by atoms with van der Waals surface area (Å²) in [6.45, 7) is 2.09. The minimum atomic E-state index is 0.727. The molecule has 1 heterocycles. The van der Waals surface area contributed by atoms with Crippen LogP contribution < -0.4 is 9.64 Å². The molecule has 14 heavy (non-hydrogen) atoms. The first-order valence-corrected chi connectivity index (χ1v) is 4.68. The zero-order chi connectivity index (χ0) is 9.97. The van der Waals surface area contributed by atoms with Crippen LogP contribution in [-0.2, 0) is 0 Å². The van der Waals surface area contributed by atoms with Gasteiger partial charge in [0.1, 0.15) is 11.8 Å². The molecule has 0 radical (unpaired) electrons. The van der Waals surface area contributed by atoms with E-state index in [1.165, 1.54) is 6.42 Å².